The molecule has 0 spiro atoms. The molecule has 290 valence electrons. The van der Waals surface area contributed by atoms with Crippen LogP contribution in [0, 0.1) is 0 Å². The number of hydrogen-bond acceptors (Lipinski definition) is 5. The Bertz CT molecular complexity index is 3050. The van der Waals surface area contributed by atoms with Crippen LogP contribution in [-0.2, 0) is 0 Å². The van der Waals surface area contributed by atoms with Crippen molar-refractivity contribution < 1.29 is 0 Å². The van der Waals surface area contributed by atoms with Crippen molar-refractivity contribution in [3.63, 3.8) is 0 Å². The zero-order valence-corrected chi connectivity index (χ0v) is 33.6. The topological polar surface area (TPSA) is 64.5 Å². The minimum atomic E-state index is 0.635. The van der Waals surface area contributed by atoms with Crippen LogP contribution < -0.4 is 0 Å². The van der Waals surface area contributed by atoms with Crippen molar-refractivity contribution in [1.29, 1.82) is 0 Å². The fourth-order valence-electron chi connectivity index (χ4n) is 8.36. The maximum absolute atomic E-state index is 5.18. The van der Waals surface area contributed by atoms with E-state index in [1.807, 2.05) is 97.1 Å². The lowest BCUT2D eigenvalue weighted by atomic mass is 9.90. The van der Waals surface area contributed by atoms with Crippen LogP contribution in [0.3, 0.4) is 0 Å². The molecule has 62 heavy (non-hydrogen) atoms. The van der Waals surface area contributed by atoms with Crippen LogP contribution in [0.25, 0.3) is 112 Å². The molecule has 0 atom stereocenters. The van der Waals surface area contributed by atoms with E-state index in [0.717, 1.165) is 88.6 Å². The van der Waals surface area contributed by atoms with E-state index in [0.29, 0.717) is 23.3 Å². The summed E-state index contributed by atoms with van der Waals surface area (Å²) in [5.74, 6) is 2.61. The van der Waals surface area contributed by atoms with Crippen molar-refractivity contribution in [3.05, 3.63) is 224 Å². The van der Waals surface area contributed by atoms with Crippen LogP contribution >= 0.6 is 0 Å². The monoisotopic (exact) mass is 791 g/mol. The average molecular weight is 792 g/mol. The van der Waals surface area contributed by atoms with Gasteiger partial charge in [-0.25, -0.2) is 24.9 Å². The van der Waals surface area contributed by atoms with Gasteiger partial charge >= 0.3 is 0 Å². The first kappa shape index (κ1) is 36.7. The lowest BCUT2D eigenvalue weighted by Crippen LogP contribution is -2.00. The summed E-state index contributed by atoms with van der Waals surface area (Å²) < 4.78 is 0. The molecule has 5 nitrogen and oxygen atoms in total. The Morgan fingerprint density at radius 1 is 0.194 bits per heavy atom. The molecule has 9 aromatic carbocycles. The molecule has 2 heterocycles. The highest BCUT2D eigenvalue weighted by Crippen LogP contribution is 2.40. The summed E-state index contributed by atoms with van der Waals surface area (Å²) in [6.45, 7) is 0. The Balaban J connectivity index is 1.02. The fourth-order valence-corrected chi connectivity index (χ4v) is 8.36. The second kappa shape index (κ2) is 16.0. The highest BCUT2D eigenvalue weighted by atomic mass is 15.0. The van der Waals surface area contributed by atoms with Crippen LogP contribution in [0.4, 0.5) is 0 Å². The van der Waals surface area contributed by atoms with Gasteiger partial charge in [-0.2, -0.15) is 0 Å². The third kappa shape index (κ3) is 6.97. The summed E-state index contributed by atoms with van der Waals surface area (Å²) in [7, 11) is 0. The molecule has 0 N–H and O–H groups in total. The lowest BCUT2D eigenvalue weighted by Gasteiger charge is -2.15. The second-order valence-corrected chi connectivity index (χ2v) is 15.2. The quantitative estimate of drug-likeness (QED) is 0.153. The average Bonchev–Trinajstić information content (AvgIpc) is 3.36. The first-order valence-corrected chi connectivity index (χ1v) is 20.8. The van der Waals surface area contributed by atoms with Crippen molar-refractivity contribution >= 4 is 21.5 Å². The van der Waals surface area contributed by atoms with Gasteiger partial charge in [-0.3, -0.25) is 0 Å². The van der Waals surface area contributed by atoms with Gasteiger partial charge in [0, 0.05) is 33.4 Å². The smallest absolute Gasteiger partial charge is 0.164 e. The van der Waals surface area contributed by atoms with E-state index < -0.39 is 0 Å². The second-order valence-electron chi connectivity index (χ2n) is 15.2. The Hall–Kier alpha value is -8.41. The zero-order chi connectivity index (χ0) is 41.2. The molecule has 2 aromatic heterocycles. The molecular formula is C57H37N5. The van der Waals surface area contributed by atoms with Gasteiger partial charge in [0.05, 0.1) is 11.4 Å². The lowest BCUT2D eigenvalue weighted by molar-refractivity contribution is 1.08. The van der Waals surface area contributed by atoms with Gasteiger partial charge in [0.2, 0.25) is 0 Å². The molecule has 0 amide bonds. The highest BCUT2D eigenvalue weighted by Gasteiger charge is 2.18. The molecule has 0 unspecified atom stereocenters. The van der Waals surface area contributed by atoms with Gasteiger partial charge < -0.3 is 0 Å². The van der Waals surface area contributed by atoms with Gasteiger partial charge in [0.25, 0.3) is 0 Å². The third-order valence-corrected chi connectivity index (χ3v) is 11.4. The summed E-state index contributed by atoms with van der Waals surface area (Å²) in [5, 5.41) is 4.48. The minimum absolute atomic E-state index is 0.635. The third-order valence-electron chi connectivity index (χ3n) is 11.4. The molecule has 11 aromatic rings. The van der Waals surface area contributed by atoms with E-state index in [4.69, 9.17) is 24.9 Å². The Morgan fingerprint density at radius 2 is 0.532 bits per heavy atom. The molecule has 0 saturated carbocycles. The summed E-state index contributed by atoms with van der Waals surface area (Å²) in [5.41, 5.74) is 12.2. The zero-order valence-electron chi connectivity index (χ0n) is 33.6. The van der Waals surface area contributed by atoms with Crippen molar-refractivity contribution in [2.24, 2.45) is 0 Å². The molecule has 0 aliphatic rings. The summed E-state index contributed by atoms with van der Waals surface area (Å²) in [6.07, 6.45) is 0. The van der Waals surface area contributed by atoms with Gasteiger partial charge in [-0.15, -0.1) is 0 Å². The van der Waals surface area contributed by atoms with Crippen LogP contribution in [-0.4, -0.2) is 24.9 Å². The molecule has 0 radical (unpaired) electrons. The van der Waals surface area contributed by atoms with E-state index in [1.54, 1.807) is 0 Å². The number of hydrogen-bond donors (Lipinski definition) is 0. The van der Waals surface area contributed by atoms with Crippen LogP contribution in [0.15, 0.2) is 224 Å². The Labute approximate surface area is 359 Å². The Morgan fingerprint density at radius 3 is 1.03 bits per heavy atom. The van der Waals surface area contributed by atoms with Crippen LogP contribution in [0.5, 0.6) is 0 Å². The molecular weight excluding hydrogens is 755 g/mol. The fraction of sp³-hybridized carbons (Fsp3) is 0. The molecule has 0 saturated heterocycles. The number of benzene rings is 9. The normalized spacial score (nSPS) is 11.2. The highest BCUT2D eigenvalue weighted by molar-refractivity contribution is 6.07. The summed E-state index contributed by atoms with van der Waals surface area (Å²) in [4.78, 5) is 25.3. The van der Waals surface area contributed by atoms with E-state index in [9.17, 15) is 0 Å². The predicted molar refractivity (Wildman–Crippen MR) is 254 cm³/mol. The standard InChI is InChI=1S/C57H37N5/c1-5-18-38(19-6-1)52-37-53(59-54(58-52)39-20-7-2-8-21-39)50-34-32-44(46-28-13-15-30-48(46)50)42-26-17-27-43(36-42)45-33-35-51(49-31-16-14-29-47(45)49)57-61-55(40-22-9-3-10-23-40)60-56(62-57)41-24-11-4-12-25-41/h1-37H. The van der Waals surface area contributed by atoms with Gasteiger partial charge in [0.1, 0.15) is 0 Å². The van der Waals surface area contributed by atoms with Gasteiger partial charge in [0.15, 0.2) is 23.3 Å². The molecule has 0 aliphatic carbocycles. The first-order valence-electron chi connectivity index (χ1n) is 20.8. The van der Waals surface area contributed by atoms with E-state index in [2.05, 4.69) is 127 Å². The van der Waals surface area contributed by atoms with Crippen LogP contribution in [0.2, 0.25) is 0 Å². The van der Waals surface area contributed by atoms with Crippen molar-refractivity contribution in [1.82, 2.24) is 24.9 Å². The summed E-state index contributed by atoms with van der Waals surface area (Å²) >= 11 is 0. The maximum Gasteiger partial charge on any atom is 0.164 e. The molecule has 0 bridgehead atoms. The Kier molecular flexibility index (Phi) is 9.45. The van der Waals surface area contributed by atoms with Crippen molar-refractivity contribution in [2.45, 2.75) is 0 Å². The number of fused-ring (bicyclic) bond motifs is 2. The summed E-state index contributed by atoms with van der Waals surface area (Å²) in [6, 6.07) is 77.7. The largest absolute Gasteiger partial charge is 0.228 e. The number of aromatic nitrogens is 5. The van der Waals surface area contributed by atoms with Crippen LogP contribution in [0.1, 0.15) is 0 Å². The minimum Gasteiger partial charge on any atom is -0.228 e. The van der Waals surface area contributed by atoms with E-state index in [-0.39, 0.29) is 0 Å². The SMILES string of the molecule is c1ccc(-c2cc(-c3ccc(-c4cccc(-c5ccc(-c6nc(-c7ccccc7)nc(-c7ccccc7)n6)c6ccccc56)c4)c4ccccc34)nc(-c3ccccc3)n2)cc1. The molecule has 5 heteroatoms. The van der Waals surface area contributed by atoms with Gasteiger partial charge in [-0.05, 0) is 62.0 Å². The molecule has 11 rings (SSSR count). The van der Waals surface area contributed by atoms with Crippen molar-refractivity contribution in [2.75, 3.05) is 0 Å². The van der Waals surface area contributed by atoms with E-state index in [1.165, 1.54) is 0 Å². The predicted octanol–water partition coefficient (Wildman–Crippen LogP) is 14.3. The number of nitrogens with zero attached hydrogens (tertiary/aromatic N) is 5. The number of rotatable bonds is 8. The maximum atomic E-state index is 5.18. The first-order chi connectivity index (χ1) is 30.7. The molecule has 0 aliphatic heterocycles. The van der Waals surface area contributed by atoms with Crippen molar-refractivity contribution in [3.8, 4) is 90.3 Å². The molecule has 0 fully saturated rings. The van der Waals surface area contributed by atoms with Gasteiger partial charge in [-0.1, -0.05) is 206 Å². The van der Waals surface area contributed by atoms with E-state index >= 15 is 0 Å².